The van der Waals surface area contributed by atoms with Gasteiger partial charge in [-0.25, -0.2) is 0 Å². The molecule has 2 rings (SSSR count). The first-order chi connectivity index (χ1) is 7.44. The van der Waals surface area contributed by atoms with Crippen molar-refractivity contribution in [2.45, 2.75) is 29.5 Å². The van der Waals surface area contributed by atoms with Crippen molar-refractivity contribution < 1.29 is 24.1 Å². The van der Waals surface area contributed by atoms with Crippen molar-refractivity contribution in [2.75, 3.05) is 26.9 Å². The van der Waals surface area contributed by atoms with Crippen molar-refractivity contribution in [3.63, 3.8) is 0 Å². The number of methoxy groups -OCH3 is 1. The molecule has 4 atom stereocenters. The molecule has 0 amide bonds. The third kappa shape index (κ3) is 1.60. The number of ether oxygens (including phenoxy) is 3. The summed E-state index contributed by atoms with van der Waals surface area (Å²) in [6.45, 7) is 1.84. The lowest BCUT2D eigenvalue weighted by Gasteiger charge is -2.26. The highest BCUT2D eigenvalue weighted by Crippen LogP contribution is 2.43. The molecule has 2 aliphatic heterocycles. The fraction of sp³-hybridized carbons (Fsp3) is 0.900. The van der Waals surface area contributed by atoms with Gasteiger partial charge < -0.3 is 19.3 Å². The Morgan fingerprint density at radius 3 is 2.69 bits per heavy atom. The van der Waals surface area contributed by atoms with Crippen molar-refractivity contribution in [2.24, 2.45) is 0 Å². The molecule has 2 saturated heterocycles. The Bertz CT molecular complexity index is 310. The van der Waals surface area contributed by atoms with Gasteiger partial charge in [0, 0.05) is 7.11 Å². The topological polar surface area (TPSA) is 65.0 Å². The summed E-state index contributed by atoms with van der Waals surface area (Å²) in [5, 5.41) is 10.3. The van der Waals surface area contributed by atoms with Crippen molar-refractivity contribution in [1.29, 1.82) is 0 Å². The number of thiol groups is 1. The predicted octanol–water partition coefficient (Wildman–Crippen LogP) is -0.581. The average Bonchev–Trinajstić information content (AvgIpc) is 2.70. The largest absolute Gasteiger partial charge is 0.382 e. The molecule has 92 valence electrons. The van der Waals surface area contributed by atoms with Crippen LogP contribution in [0.15, 0.2) is 0 Å². The van der Waals surface area contributed by atoms with E-state index in [-0.39, 0.29) is 25.6 Å². The minimum Gasteiger partial charge on any atom is -0.382 e. The number of fused-ring (bicyclic) bond motifs is 1. The van der Waals surface area contributed by atoms with E-state index in [1.807, 2.05) is 0 Å². The van der Waals surface area contributed by atoms with Gasteiger partial charge in [0.05, 0.1) is 19.8 Å². The number of Topliss-reactive ketones (excluding diaryl/α,β-unsaturated/α-hetero) is 1. The molecule has 0 saturated carbocycles. The predicted molar refractivity (Wildman–Crippen MR) is 58.7 cm³/mol. The summed E-state index contributed by atoms with van der Waals surface area (Å²) in [4.78, 5) is 11.5. The SMILES string of the molecule is COC[C@@]1(O)CO[C@H]2[C@@H]1OC[C@@]2(S)C(C)=O. The number of ketones is 1. The molecule has 2 fully saturated rings. The Balaban J connectivity index is 2.21. The van der Waals surface area contributed by atoms with Crippen molar-refractivity contribution in [3.05, 3.63) is 0 Å². The zero-order valence-corrected chi connectivity index (χ0v) is 10.2. The van der Waals surface area contributed by atoms with Gasteiger partial charge in [0.1, 0.15) is 22.6 Å². The van der Waals surface area contributed by atoms with Crippen molar-refractivity contribution >= 4 is 18.4 Å². The molecule has 0 aromatic heterocycles. The Hall–Kier alpha value is -0.140. The Morgan fingerprint density at radius 2 is 2.12 bits per heavy atom. The van der Waals surface area contributed by atoms with E-state index in [0.29, 0.717) is 0 Å². The highest BCUT2D eigenvalue weighted by Gasteiger charge is 2.62. The third-order valence-corrected chi connectivity index (χ3v) is 3.97. The summed E-state index contributed by atoms with van der Waals surface area (Å²) in [6, 6.07) is 0. The lowest BCUT2D eigenvalue weighted by molar-refractivity contribution is -0.122. The molecule has 0 aromatic rings. The van der Waals surface area contributed by atoms with Gasteiger partial charge in [0.15, 0.2) is 5.78 Å². The van der Waals surface area contributed by atoms with Crippen molar-refractivity contribution in [1.82, 2.24) is 0 Å². The molecule has 2 aliphatic rings. The molecule has 0 aromatic carbocycles. The molecule has 5 nitrogen and oxygen atoms in total. The summed E-state index contributed by atoms with van der Waals surface area (Å²) in [6.07, 6.45) is -1.05. The lowest BCUT2D eigenvalue weighted by Crippen LogP contribution is -2.49. The molecule has 0 radical (unpaired) electrons. The number of carbonyl (C=O) groups excluding carboxylic acids is 1. The first kappa shape index (κ1) is 12.3. The third-order valence-electron chi connectivity index (χ3n) is 3.27. The van der Waals surface area contributed by atoms with Crippen molar-refractivity contribution in [3.8, 4) is 0 Å². The second kappa shape index (κ2) is 3.96. The van der Waals surface area contributed by atoms with Crippen LogP contribution in [0.3, 0.4) is 0 Å². The zero-order chi connectivity index (χ0) is 12.0. The van der Waals surface area contributed by atoms with Crippen LogP contribution in [0.2, 0.25) is 0 Å². The second-order valence-corrected chi connectivity index (χ2v) is 5.28. The maximum Gasteiger partial charge on any atom is 0.150 e. The average molecular weight is 248 g/mol. The maximum atomic E-state index is 11.5. The van der Waals surface area contributed by atoms with Gasteiger partial charge in [0.2, 0.25) is 0 Å². The standard InChI is InChI=1S/C10H16O5S/c1-6(11)10(16)5-15-7-8(10)14-4-9(7,12)3-13-2/h7-8,12,16H,3-5H2,1-2H3/t7-,8-,9+,10+/m0/s1. The maximum absolute atomic E-state index is 11.5. The molecule has 1 N–H and O–H groups in total. The minimum atomic E-state index is -1.18. The highest BCUT2D eigenvalue weighted by molar-refractivity contribution is 7.82. The van der Waals surface area contributed by atoms with E-state index < -0.39 is 22.6 Å². The number of hydrogen-bond donors (Lipinski definition) is 2. The van der Waals surface area contributed by atoms with Gasteiger partial charge in [-0.3, -0.25) is 4.79 Å². The van der Waals surface area contributed by atoms with Crippen LogP contribution in [0.4, 0.5) is 0 Å². The molecule has 6 heteroatoms. The second-order valence-electron chi connectivity index (χ2n) is 4.48. The highest BCUT2D eigenvalue weighted by atomic mass is 32.1. The summed E-state index contributed by atoms with van der Waals surface area (Å²) < 4.78 is 14.9. The van der Waals surface area contributed by atoms with Gasteiger partial charge in [-0.1, -0.05) is 0 Å². The van der Waals surface area contributed by atoms with E-state index in [4.69, 9.17) is 14.2 Å². The molecular formula is C10H16O5S. The Morgan fingerprint density at radius 1 is 1.50 bits per heavy atom. The van der Waals surface area contributed by atoms with Crippen LogP contribution < -0.4 is 0 Å². The molecule has 0 spiro atoms. The van der Waals surface area contributed by atoms with Gasteiger partial charge in [-0.05, 0) is 6.92 Å². The summed E-state index contributed by atoms with van der Waals surface area (Å²) in [7, 11) is 1.50. The number of hydrogen-bond acceptors (Lipinski definition) is 6. The molecule has 0 aliphatic carbocycles. The van der Waals surface area contributed by atoms with E-state index in [1.54, 1.807) is 0 Å². The van der Waals surface area contributed by atoms with Crippen LogP contribution in [-0.2, 0) is 19.0 Å². The number of aliphatic hydroxyl groups is 1. The van der Waals surface area contributed by atoms with Gasteiger partial charge in [-0.2, -0.15) is 12.6 Å². The van der Waals surface area contributed by atoms with Gasteiger partial charge in [-0.15, -0.1) is 0 Å². The van der Waals surface area contributed by atoms with E-state index in [0.717, 1.165) is 0 Å². The zero-order valence-electron chi connectivity index (χ0n) is 9.30. The number of rotatable bonds is 3. The molecule has 2 heterocycles. The summed E-state index contributed by atoms with van der Waals surface area (Å²) >= 11 is 4.34. The van der Waals surface area contributed by atoms with E-state index >= 15 is 0 Å². The van der Waals surface area contributed by atoms with Crippen LogP contribution in [0.25, 0.3) is 0 Å². The van der Waals surface area contributed by atoms with Gasteiger partial charge in [0.25, 0.3) is 0 Å². The fourth-order valence-electron chi connectivity index (χ4n) is 2.29. The number of carbonyl (C=O) groups is 1. The summed E-state index contributed by atoms with van der Waals surface area (Å²) in [5.74, 6) is -0.106. The van der Waals surface area contributed by atoms with E-state index in [2.05, 4.69) is 12.6 Å². The van der Waals surface area contributed by atoms with Crippen LogP contribution in [0.5, 0.6) is 0 Å². The van der Waals surface area contributed by atoms with Crippen LogP contribution in [-0.4, -0.2) is 60.4 Å². The monoisotopic (exact) mass is 248 g/mol. The fourth-order valence-corrected chi connectivity index (χ4v) is 2.58. The molecule has 16 heavy (non-hydrogen) atoms. The van der Waals surface area contributed by atoms with Crippen LogP contribution in [0.1, 0.15) is 6.92 Å². The van der Waals surface area contributed by atoms with E-state index in [1.165, 1.54) is 14.0 Å². The smallest absolute Gasteiger partial charge is 0.150 e. The first-order valence-electron chi connectivity index (χ1n) is 5.12. The minimum absolute atomic E-state index is 0.103. The van der Waals surface area contributed by atoms with Gasteiger partial charge >= 0.3 is 0 Å². The quantitative estimate of drug-likeness (QED) is 0.654. The van der Waals surface area contributed by atoms with Crippen LogP contribution in [0, 0.1) is 0 Å². The van der Waals surface area contributed by atoms with Crippen LogP contribution >= 0.6 is 12.6 Å². The molecule has 0 bridgehead atoms. The first-order valence-corrected chi connectivity index (χ1v) is 5.57. The molecular weight excluding hydrogens is 232 g/mol. The lowest BCUT2D eigenvalue weighted by atomic mass is 9.91. The Labute approximate surface area is 99.5 Å². The normalized spacial score (nSPS) is 47.0. The summed E-state index contributed by atoms with van der Waals surface area (Å²) in [5.41, 5.74) is -1.18. The Kier molecular flexibility index (Phi) is 3.05. The van der Waals surface area contributed by atoms with E-state index in [9.17, 15) is 9.90 Å². The molecule has 0 unspecified atom stereocenters.